The van der Waals surface area contributed by atoms with E-state index in [1.165, 1.54) is 65.3 Å². The van der Waals surface area contributed by atoms with Gasteiger partial charge in [-0.3, -0.25) is 0 Å². The van der Waals surface area contributed by atoms with E-state index < -0.39 is 8.07 Å². The van der Waals surface area contributed by atoms with E-state index in [2.05, 4.69) is 104 Å². The van der Waals surface area contributed by atoms with Crippen LogP contribution in [0.25, 0.3) is 49.0 Å². The van der Waals surface area contributed by atoms with Gasteiger partial charge in [0.1, 0.15) is 12.6 Å². The van der Waals surface area contributed by atoms with Crippen molar-refractivity contribution in [1.82, 2.24) is 4.40 Å². The van der Waals surface area contributed by atoms with Crippen LogP contribution in [-0.2, 0) is 7.05 Å². The van der Waals surface area contributed by atoms with Crippen LogP contribution in [0.5, 0.6) is 0 Å². The lowest BCUT2D eigenvalue weighted by Gasteiger charge is -2.17. The van der Waals surface area contributed by atoms with E-state index in [1.807, 2.05) is 0 Å². The first kappa shape index (κ1) is 17.9. The first-order chi connectivity index (χ1) is 14.3. The van der Waals surface area contributed by atoms with Gasteiger partial charge >= 0.3 is 0 Å². The van der Waals surface area contributed by atoms with E-state index in [4.69, 9.17) is 0 Å². The molecule has 0 aliphatic heterocycles. The monoisotopic (exact) mass is 407 g/mol. The summed E-state index contributed by atoms with van der Waals surface area (Å²) in [5.41, 5.74) is 8.05. The quantitative estimate of drug-likeness (QED) is 0.137. The third-order valence-corrected chi connectivity index (χ3v) is 8.98. The van der Waals surface area contributed by atoms with Crippen LogP contribution in [0.1, 0.15) is 11.1 Å². The average molecular weight is 408 g/mol. The molecule has 0 aliphatic rings. The van der Waals surface area contributed by atoms with Gasteiger partial charge in [0.25, 0.3) is 0 Å². The Kier molecular flexibility index (Phi) is 3.35. The second kappa shape index (κ2) is 5.61. The highest BCUT2D eigenvalue weighted by Crippen LogP contribution is 2.40. The van der Waals surface area contributed by atoms with Crippen molar-refractivity contribution in [2.75, 3.05) is 0 Å². The molecule has 6 rings (SSSR count). The zero-order chi connectivity index (χ0) is 20.9. The number of hydrogen-bond acceptors (Lipinski definition) is 0. The van der Waals surface area contributed by atoms with Crippen LogP contribution in [-0.4, -0.2) is 12.5 Å². The molecule has 0 bridgehead atoms. The third-order valence-electron chi connectivity index (χ3n) is 6.94. The van der Waals surface area contributed by atoms with Crippen molar-refractivity contribution in [2.24, 2.45) is 7.05 Å². The minimum absolute atomic E-state index is 1.32. The Labute approximate surface area is 177 Å². The second-order valence-electron chi connectivity index (χ2n) is 9.94. The Bertz CT molecular complexity index is 1650. The van der Waals surface area contributed by atoms with Gasteiger partial charge in [0.15, 0.2) is 6.20 Å². The highest BCUT2D eigenvalue weighted by molar-refractivity contribution is 6.88. The fraction of sp³-hybridized carbons (Fsp3) is 0.222. The Morgan fingerprint density at radius 3 is 2.33 bits per heavy atom. The lowest BCUT2D eigenvalue weighted by molar-refractivity contribution is -0.644. The maximum absolute atomic E-state index is 2.54. The minimum atomic E-state index is -1.41. The van der Waals surface area contributed by atoms with Gasteiger partial charge in [-0.05, 0) is 42.5 Å². The summed E-state index contributed by atoms with van der Waals surface area (Å²) in [5, 5.41) is 8.36. The number of rotatable bonds is 1. The fourth-order valence-corrected chi connectivity index (χ4v) is 6.60. The summed E-state index contributed by atoms with van der Waals surface area (Å²) in [6, 6.07) is 18.6. The largest absolute Gasteiger partial charge is 0.303 e. The van der Waals surface area contributed by atoms with Gasteiger partial charge in [0.2, 0.25) is 5.52 Å². The molecule has 6 aromatic rings. The summed E-state index contributed by atoms with van der Waals surface area (Å²) in [7, 11) is 0.772. The van der Waals surface area contributed by atoms with Crippen molar-refractivity contribution in [1.29, 1.82) is 0 Å². The van der Waals surface area contributed by atoms with Gasteiger partial charge in [0.05, 0.1) is 24.5 Å². The number of nitrogens with zero attached hydrogens (tertiary/aromatic N) is 2. The first-order valence-electron chi connectivity index (χ1n) is 10.8. The molecule has 0 atom stereocenters. The van der Waals surface area contributed by atoms with E-state index in [0.29, 0.717) is 0 Å². The smallest absolute Gasteiger partial charge is 0.238 e. The number of fused-ring (bicyclic) bond motifs is 5. The van der Waals surface area contributed by atoms with E-state index in [-0.39, 0.29) is 0 Å². The van der Waals surface area contributed by atoms with Crippen LogP contribution < -0.4 is 9.75 Å². The molecule has 3 aromatic heterocycles. The van der Waals surface area contributed by atoms with Crippen LogP contribution in [0, 0.1) is 13.8 Å². The van der Waals surface area contributed by atoms with E-state index >= 15 is 0 Å². The normalized spacial score (nSPS) is 13.0. The molecule has 148 valence electrons. The summed E-state index contributed by atoms with van der Waals surface area (Å²) in [5.74, 6) is 0. The van der Waals surface area contributed by atoms with Gasteiger partial charge in [-0.1, -0.05) is 55.2 Å². The molecule has 0 spiro atoms. The first-order valence-corrected chi connectivity index (χ1v) is 14.3. The van der Waals surface area contributed by atoms with Crippen molar-refractivity contribution in [3.05, 3.63) is 65.9 Å². The molecule has 0 saturated carbocycles. The molecule has 3 heterocycles. The van der Waals surface area contributed by atoms with Crippen LogP contribution in [0.2, 0.25) is 19.6 Å². The van der Waals surface area contributed by atoms with Crippen molar-refractivity contribution < 1.29 is 4.57 Å². The molecule has 0 saturated heterocycles. The Hall–Kier alpha value is -2.91. The SMILES string of the molecule is Cc1cc(C)c2c3c1cccc3n1c3cc([Si](C)(C)C)ccc3c3cc[n+](C)c2c31. The summed E-state index contributed by atoms with van der Waals surface area (Å²) >= 11 is 0. The van der Waals surface area contributed by atoms with Crippen molar-refractivity contribution >= 4 is 62.3 Å². The van der Waals surface area contributed by atoms with Gasteiger partial charge < -0.3 is 4.40 Å². The number of aryl methyl sites for hydroxylation is 3. The average Bonchev–Trinajstić information content (AvgIpc) is 3.03. The van der Waals surface area contributed by atoms with Crippen LogP contribution >= 0.6 is 0 Å². The third kappa shape index (κ3) is 2.11. The van der Waals surface area contributed by atoms with E-state index in [9.17, 15) is 0 Å². The number of pyridine rings is 2. The molecule has 0 aliphatic carbocycles. The molecule has 3 heteroatoms. The Morgan fingerprint density at radius 2 is 1.57 bits per heavy atom. The fourth-order valence-electron chi connectivity index (χ4n) is 5.45. The molecule has 0 fully saturated rings. The molecule has 2 nitrogen and oxygen atoms in total. The van der Waals surface area contributed by atoms with E-state index in [0.717, 1.165) is 0 Å². The molecule has 0 unspecified atom stereocenters. The van der Waals surface area contributed by atoms with Gasteiger partial charge in [0, 0.05) is 22.2 Å². The molecule has 0 N–H and O–H groups in total. The van der Waals surface area contributed by atoms with Crippen molar-refractivity contribution in [2.45, 2.75) is 33.5 Å². The molecule has 3 aromatic carbocycles. The van der Waals surface area contributed by atoms with Gasteiger partial charge in [-0.25, -0.2) is 0 Å². The summed E-state index contributed by atoms with van der Waals surface area (Å²) in [6.45, 7) is 11.8. The number of hydrogen-bond donors (Lipinski definition) is 0. The molecule has 30 heavy (non-hydrogen) atoms. The molecule has 0 radical (unpaired) electrons. The van der Waals surface area contributed by atoms with Gasteiger partial charge in [-0.2, -0.15) is 4.57 Å². The second-order valence-corrected chi connectivity index (χ2v) is 15.0. The summed E-state index contributed by atoms with van der Waals surface area (Å²) < 4.78 is 4.85. The molecular weight excluding hydrogens is 380 g/mol. The maximum atomic E-state index is 2.54. The predicted molar refractivity (Wildman–Crippen MR) is 132 cm³/mol. The molecule has 0 amide bonds. The molecular formula is C27H27N2Si+. The highest BCUT2D eigenvalue weighted by Gasteiger charge is 2.25. The summed E-state index contributed by atoms with van der Waals surface area (Å²) in [4.78, 5) is 0. The lowest BCUT2D eigenvalue weighted by atomic mass is 9.95. The highest BCUT2D eigenvalue weighted by atomic mass is 28.3. The van der Waals surface area contributed by atoms with Gasteiger partial charge in [-0.15, -0.1) is 0 Å². The van der Waals surface area contributed by atoms with Crippen molar-refractivity contribution in [3.8, 4) is 0 Å². The van der Waals surface area contributed by atoms with Crippen LogP contribution in [0.15, 0.2) is 54.7 Å². The van der Waals surface area contributed by atoms with Crippen LogP contribution in [0.3, 0.4) is 0 Å². The van der Waals surface area contributed by atoms with Crippen LogP contribution in [0.4, 0.5) is 0 Å². The standard InChI is InChI=1S/C27H27N2Si/c1-16-14-17(2)24-25-19(16)8-7-9-22(25)29-23-15-18(30(4,5)6)10-11-20(23)21-12-13-28(3)27(24)26(21)29/h7-15H,1-6H3/q+1. The Morgan fingerprint density at radius 1 is 0.767 bits per heavy atom. The predicted octanol–water partition coefficient (Wildman–Crippen LogP) is 5.98. The van der Waals surface area contributed by atoms with E-state index in [1.54, 1.807) is 0 Å². The minimum Gasteiger partial charge on any atom is -0.303 e. The number of benzene rings is 3. The zero-order valence-corrected chi connectivity index (χ0v) is 19.6. The van der Waals surface area contributed by atoms with Crippen molar-refractivity contribution in [3.63, 3.8) is 0 Å². The summed E-state index contributed by atoms with van der Waals surface area (Å²) in [6.07, 6.45) is 2.23. The zero-order valence-electron chi connectivity index (χ0n) is 18.6. The Balaban J connectivity index is 2.04. The lowest BCUT2D eigenvalue weighted by Crippen LogP contribution is -2.37. The topological polar surface area (TPSA) is 8.29 Å². The number of aromatic nitrogens is 2. The maximum Gasteiger partial charge on any atom is 0.238 e.